The van der Waals surface area contributed by atoms with Crippen molar-refractivity contribution < 1.29 is 13.2 Å². The second-order valence-corrected chi connectivity index (χ2v) is 12.3. The minimum Gasteiger partial charge on any atom is -0.494 e. The minimum atomic E-state index is -3.53. The van der Waals surface area contributed by atoms with Gasteiger partial charge >= 0.3 is 0 Å². The molecule has 7 heteroatoms. The molecule has 0 aliphatic carbocycles. The summed E-state index contributed by atoms with van der Waals surface area (Å²) in [7, 11) is -3.53. The van der Waals surface area contributed by atoms with Gasteiger partial charge in [-0.2, -0.15) is 5.26 Å². The first kappa shape index (κ1) is 26.9. The fraction of sp³-hybridized carbons (Fsp3) is 0.367. The van der Waals surface area contributed by atoms with Crippen LogP contribution in [0, 0.1) is 11.3 Å². The van der Waals surface area contributed by atoms with E-state index < -0.39 is 10.0 Å². The van der Waals surface area contributed by atoms with E-state index in [1.165, 1.54) is 0 Å². The molecule has 0 bridgehead atoms. The van der Waals surface area contributed by atoms with Gasteiger partial charge in [0.25, 0.3) is 0 Å². The highest BCUT2D eigenvalue weighted by atomic mass is 32.2. The van der Waals surface area contributed by atoms with Crippen LogP contribution in [0.15, 0.2) is 77.7 Å². The van der Waals surface area contributed by atoms with E-state index in [1.807, 2.05) is 60.7 Å². The van der Waals surface area contributed by atoms with Crippen molar-refractivity contribution in [2.75, 3.05) is 26.2 Å². The zero-order valence-corrected chi connectivity index (χ0v) is 22.6. The molecule has 0 unspecified atom stereocenters. The number of hydrogen-bond acceptors (Lipinski definition) is 5. The normalized spacial score (nSPS) is 16.4. The Morgan fingerprint density at radius 1 is 0.973 bits per heavy atom. The second kappa shape index (κ2) is 11.5. The van der Waals surface area contributed by atoms with Crippen molar-refractivity contribution in [2.45, 2.75) is 50.0 Å². The highest BCUT2D eigenvalue weighted by Crippen LogP contribution is 2.25. The van der Waals surface area contributed by atoms with Crippen LogP contribution >= 0.6 is 0 Å². The van der Waals surface area contributed by atoms with E-state index in [-0.39, 0.29) is 11.5 Å². The Balaban J connectivity index is 1.19. The number of nitrogens with zero attached hydrogens (tertiary/aromatic N) is 2. The van der Waals surface area contributed by atoms with Crippen molar-refractivity contribution in [3.8, 4) is 22.9 Å². The van der Waals surface area contributed by atoms with E-state index in [9.17, 15) is 8.42 Å². The van der Waals surface area contributed by atoms with E-state index >= 15 is 0 Å². The standard InChI is InChI=1S/C30H35N3O3S/c1-30(2,3)26-11-15-29(16-12-26)37(34,35)32-27-17-19-33(22-27)18-4-20-36-28-13-9-25(10-14-28)24-7-5-23(21-31)6-8-24/h5-16,27,32H,4,17-20,22H2,1-3H3/t27-/m1/s1. The Bertz CT molecular complexity index is 1320. The third-order valence-corrected chi connectivity index (χ3v) is 8.25. The van der Waals surface area contributed by atoms with Gasteiger partial charge in [0.2, 0.25) is 10.0 Å². The third-order valence-electron chi connectivity index (χ3n) is 6.71. The number of ether oxygens (including phenoxy) is 1. The van der Waals surface area contributed by atoms with Crippen LogP contribution in [0.4, 0.5) is 0 Å². The van der Waals surface area contributed by atoms with Crippen LogP contribution in [0.2, 0.25) is 0 Å². The molecule has 1 aliphatic heterocycles. The maximum Gasteiger partial charge on any atom is 0.240 e. The number of nitriles is 1. The highest BCUT2D eigenvalue weighted by Gasteiger charge is 2.27. The van der Waals surface area contributed by atoms with E-state index in [2.05, 4.69) is 36.5 Å². The lowest BCUT2D eigenvalue weighted by Crippen LogP contribution is -2.37. The number of sulfonamides is 1. The average molecular weight is 518 g/mol. The summed E-state index contributed by atoms with van der Waals surface area (Å²) in [5.74, 6) is 0.821. The van der Waals surface area contributed by atoms with Crippen LogP contribution in [0.1, 0.15) is 44.7 Å². The SMILES string of the molecule is CC(C)(C)c1ccc(S(=O)(=O)N[C@@H]2CCN(CCCOc3ccc(-c4ccc(C#N)cc4)cc3)C2)cc1. The van der Waals surface area contributed by atoms with Crippen molar-refractivity contribution in [3.63, 3.8) is 0 Å². The first-order valence-electron chi connectivity index (χ1n) is 12.7. The first-order chi connectivity index (χ1) is 17.6. The fourth-order valence-electron chi connectivity index (χ4n) is 4.51. The Kier molecular flexibility index (Phi) is 8.33. The summed E-state index contributed by atoms with van der Waals surface area (Å²) in [6.07, 6.45) is 1.67. The molecule has 6 nitrogen and oxygen atoms in total. The fourth-order valence-corrected chi connectivity index (χ4v) is 5.77. The molecule has 1 atom stereocenters. The van der Waals surface area contributed by atoms with Gasteiger partial charge in [-0.3, -0.25) is 0 Å². The molecule has 37 heavy (non-hydrogen) atoms. The summed E-state index contributed by atoms with van der Waals surface area (Å²) >= 11 is 0. The summed E-state index contributed by atoms with van der Waals surface area (Å²) in [4.78, 5) is 2.60. The Morgan fingerprint density at radius 2 is 1.59 bits per heavy atom. The van der Waals surface area contributed by atoms with E-state index in [0.29, 0.717) is 23.6 Å². The lowest BCUT2D eigenvalue weighted by Gasteiger charge is -2.20. The van der Waals surface area contributed by atoms with Gasteiger partial charge < -0.3 is 9.64 Å². The van der Waals surface area contributed by atoms with Crippen molar-refractivity contribution in [2.24, 2.45) is 0 Å². The zero-order valence-electron chi connectivity index (χ0n) is 21.8. The lowest BCUT2D eigenvalue weighted by atomic mass is 9.87. The van der Waals surface area contributed by atoms with E-state index in [0.717, 1.165) is 48.4 Å². The number of likely N-dealkylation sites (tertiary alicyclic amines) is 1. The molecule has 1 N–H and O–H groups in total. The average Bonchev–Trinajstić information content (AvgIpc) is 3.33. The third kappa shape index (κ3) is 7.20. The minimum absolute atomic E-state index is 0.0129. The summed E-state index contributed by atoms with van der Waals surface area (Å²) in [6.45, 7) is 9.38. The summed E-state index contributed by atoms with van der Waals surface area (Å²) in [5.41, 5.74) is 3.89. The van der Waals surface area contributed by atoms with Crippen molar-refractivity contribution in [3.05, 3.63) is 83.9 Å². The Labute approximate surface area is 220 Å². The molecule has 3 aromatic rings. The molecule has 0 radical (unpaired) electrons. The topological polar surface area (TPSA) is 82.4 Å². The maximum atomic E-state index is 12.9. The summed E-state index contributed by atoms with van der Waals surface area (Å²) < 4.78 is 34.5. The molecule has 1 fully saturated rings. The van der Waals surface area contributed by atoms with Gasteiger partial charge in [-0.25, -0.2) is 13.1 Å². The Hall–Kier alpha value is -3.18. The number of nitrogens with one attached hydrogen (secondary N) is 1. The van der Waals surface area contributed by atoms with Crippen LogP contribution in [0.5, 0.6) is 5.75 Å². The van der Waals surface area contributed by atoms with Gasteiger partial charge in [-0.05, 0) is 77.9 Å². The maximum absolute atomic E-state index is 12.9. The van der Waals surface area contributed by atoms with Gasteiger partial charge in [-0.1, -0.05) is 57.2 Å². The highest BCUT2D eigenvalue weighted by molar-refractivity contribution is 7.89. The van der Waals surface area contributed by atoms with Crippen LogP contribution in [0.25, 0.3) is 11.1 Å². The molecular formula is C30H35N3O3S. The molecule has 0 aromatic heterocycles. The monoisotopic (exact) mass is 517 g/mol. The van der Waals surface area contributed by atoms with Crippen LogP contribution in [0.3, 0.4) is 0 Å². The predicted octanol–water partition coefficient (Wildman–Crippen LogP) is 5.34. The van der Waals surface area contributed by atoms with Crippen LogP contribution < -0.4 is 9.46 Å². The van der Waals surface area contributed by atoms with E-state index in [1.54, 1.807) is 12.1 Å². The molecule has 0 amide bonds. The van der Waals surface area contributed by atoms with Crippen molar-refractivity contribution in [1.82, 2.24) is 9.62 Å². The molecule has 0 spiro atoms. The zero-order chi connectivity index (χ0) is 26.5. The summed E-state index contributed by atoms with van der Waals surface area (Å²) in [5, 5.41) is 8.94. The van der Waals surface area contributed by atoms with Crippen molar-refractivity contribution in [1.29, 1.82) is 5.26 Å². The van der Waals surface area contributed by atoms with Crippen molar-refractivity contribution >= 4 is 10.0 Å². The number of benzene rings is 3. The largest absolute Gasteiger partial charge is 0.494 e. The molecule has 1 heterocycles. The molecular weight excluding hydrogens is 482 g/mol. The predicted molar refractivity (Wildman–Crippen MR) is 147 cm³/mol. The molecule has 1 saturated heterocycles. The van der Waals surface area contributed by atoms with Crippen LogP contribution in [-0.4, -0.2) is 45.6 Å². The van der Waals surface area contributed by atoms with Gasteiger partial charge in [0.05, 0.1) is 23.1 Å². The second-order valence-electron chi connectivity index (χ2n) is 10.6. The summed E-state index contributed by atoms with van der Waals surface area (Å²) in [6, 6.07) is 24.7. The van der Waals surface area contributed by atoms with E-state index in [4.69, 9.17) is 10.00 Å². The number of rotatable bonds is 9. The van der Waals surface area contributed by atoms with Gasteiger partial charge in [-0.15, -0.1) is 0 Å². The van der Waals surface area contributed by atoms with Gasteiger partial charge in [0.1, 0.15) is 5.75 Å². The molecule has 4 rings (SSSR count). The van der Waals surface area contributed by atoms with Gasteiger partial charge in [0.15, 0.2) is 0 Å². The molecule has 194 valence electrons. The molecule has 1 aliphatic rings. The van der Waals surface area contributed by atoms with Gasteiger partial charge in [0, 0.05) is 19.1 Å². The van der Waals surface area contributed by atoms with Crippen LogP contribution in [-0.2, 0) is 15.4 Å². The Morgan fingerprint density at radius 3 is 2.19 bits per heavy atom. The molecule has 3 aromatic carbocycles. The number of hydrogen-bond donors (Lipinski definition) is 1. The smallest absolute Gasteiger partial charge is 0.240 e. The quantitative estimate of drug-likeness (QED) is 0.387. The first-order valence-corrected chi connectivity index (χ1v) is 14.2. The lowest BCUT2D eigenvalue weighted by molar-refractivity contribution is 0.261. The molecule has 0 saturated carbocycles.